The van der Waals surface area contributed by atoms with Gasteiger partial charge in [-0.15, -0.1) is 0 Å². The van der Waals surface area contributed by atoms with Gasteiger partial charge in [0.2, 0.25) is 0 Å². The zero-order chi connectivity index (χ0) is 21.7. The number of H-pyrrole nitrogens is 1. The number of rotatable bonds is 8. The van der Waals surface area contributed by atoms with Crippen LogP contribution in [0.4, 0.5) is 11.4 Å². The molecule has 152 valence electrons. The normalized spacial score (nSPS) is 11.4. The van der Waals surface area contributed by atoms with Crippen molar-refractivity contribution in [1.82, 2.24) is 4.98 Å². The van der Waals surface area contributed by atoms with Gasteiger partial charge in [0.15, 0.2) is 11.6 Å². The van der Waals surface area contributed by atoms with E-state index in [1.165, 1.54) is 24.3 Å². The van der Waals surface area contributed by atoms with E-state index in [1.54, 1.807) is 37.2 Å². The lowest BCUT2D eigenvalue weighted by molar-refractivity contribution is -0.385. The summed E-state index contributed by atoms with van der Waals surface area (Å²) >= 11 is 0. The van der Waals surface area contributed by atoms with E-state index in [0.717, 1.165) is 16.5 Å². The second kappa shape index (κ2) is 9.00. The van der Waals surface area contributed by atoms with Crippen molar-refractivity contribution in [2.45, 2.75) is 6.42 Å². The Morgan fingerprint density at radius 2 is 1.77 bits per heavy atom. The number of nitrogens with one attached hydrogen (secondary N) is 1. The summed E-state index contributed by atoms with van der Waals surface area (Å²) < 4.78 is 0. The minimum atomic E-state index is -0.494. The topological polar surface area (TPSA) is 96.3 Å². The molecule has 1 heterocycles. The Morgan fingerprint density at radius 3 is 2.47 bits per heavy atom. The van der Waals surface area contributed by atoms with Gasteiger partial charge in [-0.1, -0.05) is 18.2 Å². The highest BCUT2D eigenvalue weighted by atomic mass is 16.6. The monoisotopic (exact) mass is 403 g/mol. The Kier molecular flexibility index (Phi) is 6.22. The van der Waals surface area contributed by atoms with Crippen molar-refractivity contribution in [2.24, 2.45) is 0 Å². The number of hydrogen-bond acceptors (Lipinski definition) is 5. The van der Waals surface area contributed by atoms with E-state index in [9.17, 15) is 19.7 Å². The largest absolute Gasteiger partial charge is 0.377 e. The molecule has 0 saturated heterocycles. The molecule has 0 aliphatic heterocycles. The van der Waals surface area contributed by atoms with Gasteiger partial charge >= 0.3 is 0 Å². The number of aromatic nitrogens is 1. The highest BCUT2D eigenvalue weighted by Gasteiger charge is 2.14. The number of allylic oxidation sites excluding steroid dienone is 2. The highest BCUT2D eigenvalue weighted by Crippen LogP contribution is 2.25. The Labute approximate surface area is 173 Å². The summed E-state index contributed by atoms with van der Waals surface area (Å²) in [7, 11) is 3.57. The number of benzene rings is 2. The molecular formula is C23H21N3O4. The predicted molar refractivity (Wildman–Crippen MR) is 118 cm³/mol. The third-order valence-corrected chi connectivity index (χ3v) is 4.57. The van der Waals surface area contributed by atoms with Crippen molar-refractivity contribution in [3.05, 3.63) is 82.1 Å². The van der Waals surface area contributed by atoms with Crippen molar-refractivity contribution < 1.29 is 14.5 Å². The van der Waals surface area contributed by atoms with Gasteiger partial charge in [-0.2, -0.15) is 0 Å². The number of carbonyl (C=O) groups is 2. The van der Waals surface area contributed by atoms with Gasteiger partial charge in [-0.3, -0.25) is 19.7 Å². The van der Waals surface area contributed by atoms with Crippen molar-refractivity contribution >= 4 is 46.0 Å². The smallest absolute Gasteiger partial charge is 0.278 e. The van der Waals surface area contributed by atoms with Gasteiger partial charge in [0.05, 0.1) is 16.9 Å². The second-order valence-corrected chi connectivity index (χ2v) is 7.00. The number of fused-ring (bicyclic) bond motifs is 1. The lowest BCUT2D eigenvalue weighted by Gasteiger charge is -2.12. The minimum Gasteiger partial charge on any atom is -0.377 e. The maximum absolute atomic E-state index is 12.1. The van der Waals surface area contributed by atoms with Crippen LogP contribution in [0.25, 0.3) is 23.1 Å². The zero-order valence-corrected chi connectivity index (χ0v) is 16.7. The molecule has 0 saturated carbocycles. The van der Waals surface area contributed by atoms with E-state index in [1.807, 2.05) is 30.5 Å². The molecule has 7 nitrogen and oxygen atoms in total. The first-order chi connectivity index (χ1) is 14.3. The third-order valence-electron chi connectivity index (χ3n) is 4.57. The van der Waals surface area contributed by atoms with Crippen LogP contribution in [-0.2, 0) is 9.59 Å². The summed E-state index contributed by atoms with van der Waals surface area (Å²) in [5.74, 6) is -0.760. The molecule has 1 aromatic heterocycles. The average molecular weight is 403 g/mol. The van der Waals surface area contributed by atoms with Gasteiger partial charge in [0, 0.05) is 37.6 Å². The minimum absolute atomic E-state index is 0.101. The van der Waals surface area contributed by atoms with E-state index in [-0.39, 0.29) is 17.9 Å². The Balaban J connectivity index is 1.65. The number of anilines is 1. The van der Waals surface area contributed by atoms with Crippen LogP contribution in [-0.4, -0.2) is 35.6 Å². The number of aromatic amines is 1. The van der Waals surface area contributed by atoms with Crippen molar-refractivity contribution in [2.75, 3.05) is 19.0 Å². The molecule has 0 radical (unpaired) electrons. The molecule has 0 fully saturated rings. The Bertz CT molecular complexity index is 1170. The zero-order valence-electron chi connectivity index (χ0n) is 16.7. The van der Waals surface area contributed by atoms with Crippen LogP contribution in [0, 0.1) is 10.1 Å². The molecule has 0 aliphatic carbocycles. The number of nitrogens with zero attached hydrogens (tertiary/aromatic N) is 2. The SMILES string of the molecule is CN(C)c1ccc(/C=C/C(=O)CC(=O)/C=C/c2ccc3cc[nH]c3c2)c([N+](=O)[O-])c1. The number of nitro benzene ring substituents is 1. The van der Waals surface area contributed by atoms with Crippen molar-refractivity contribution in [3.63, 3.8) is 0 Å². The molecule has 0 amide bonds. The summed E-state index contributed by atoms with van der Waals surface area (Å²) in [6, 6.07) is 12.5. The molecule has 30 heavy (non-hydrogen) atoms. The quantitative estimate of drug-likeness (QED) is 0.260. The highest BCUT2D eigenvalue weighted by molar-refractivity contribution is 6.11. The molecule has 0 bridgehead atoms. The van der Waals surface area contributed by atoms with Gasteiger partial charge in [-0.05, 0) is 53.4 Å². The number of ketones is 2. The van der Waals surface area contributed by atoms with Gasteiger partial charge < -0.3 is 9.88 Å². The van der Waals surface area contributed by atoms with E-state index in [0.29, 0.717) is 11.3 Å². The van der Waals surface area contributed by atoms with Crippen molar-refractivity contribution in [3.8, 4) is 0 Å². The summed E-state index contributed by atoms with van der Waals surface area (Å²) in [6.45, 7) is 0. The van der Waals surface area contributed by atoms with Crippen LogP contribution in [0.1, 0.15) is 17.5 Å². The summed E-state index contributed by atoms with van der Waals surface area (Å²) in [4.78, 5) is 39.9. The lowest BCUT2D eigenvalue weighted by Crippen LogP contribution is -2.09. The van der Waals surface area contributed by atoms with E-state index >= 15 is 0 Å². The maximum Gasteiger partial charge on any atom is 0.278 e. The fourth-order valence-corrected chi connectivity index (χ4v) is 2.94. The third kappa shape index (κ3) is 5.08. The molecule has 1 N–H and O–H groups in total. The first-order valence-electron chi connectivity index (χ1n) is 9.28. The standard InChI is InChI=1S/C23H21N3O4/c1-25(2)19-8-6-18(23(14-19)26(29)30)7-10-21(28)15-20(27)9-4-16-3-5-17-11-12-24-22(17)13-16/h3-14,24H,15H2,1-2H3/b9-4+,10-7+. The first-order valence-corrected chi connectivity index (χ1v) is 9.28. The van der Waals surface area contributed by atoms with Crippen LogP contribution >= 0.6 is 0 Å². The molecule has 0 atom stereocenters. The number of nitro groups is 1. The van der Waals surface area contributed by atoms with Crippen LogP contribution in [0.3, 0.4) is 0 Å². The van der Waals surface area contributed by atoms with Crippen LogP contribution in [0.2, 0.25) is 0 Å². The van der Waals surface area contributed by atoms with Crippen LogP contribution < -0.4 is 4.90 Å². The van der Waals surface area contributed by atoms with Crippen LogP contribution in [0.15, 0.2) is 60.8 Å². The van der Waals surface area contributed by atoms with Gasteiger partial charge in [0.1, 0.15) is 0 Å². The van der Waals surface area contributed by atoms with Crippen LogP contribution in [0.5, 0.6) is 0 Å². The molecule has 7 heteroatoms. The molecule has 3 rings (SSSR count). The summed E-state index contributed by atoms with van der Waals surface area (Å²) in [5.41, 5.74) is 2.70. The maximum atomic E-state index is 12.1. The fraction of sp³-hybridized carbons (Fsp3) is 0.130. The molecule has 3 aromatic rings. The lowest BCUT2D eigenvalue weighted by atomic mass is 10.1. The molecule has 2 aromatic carbocycles. The van der Waals surface area contributed by atoms with Gasteiger partial charge in [-0.25, -0.2) is 0 Å². The van der Waals surface area contributed by atoms with E-state index < -0.39 is 10.7 Å². The molecule has 0 aliphatic rings. The number of hydrogen-bond donors (Lipinski definition) is 1. The Morgan fingerprint density at radius 1 is 1.03 bits per heavy atom. The number of carbonyl (C=O) groups excluding carboxylic acids is 2. The predicted octanol–water partition coefficient (Wildman–Crippen LogP) is 4.40. The summed E-state index contributed by atoms with van der Waals surface area (Å²) in [5, 5.41) is 12.4. The average Bonchev–Trinajstić information content (AvgIpc) is 3.18. The van der Waals surface area contributed by atoms with Crippen molar-refractivity contribution in [1.29, 1.82) is 0 Å². The summed E-state index contributed by atoms with van der Waals surface area (Å²) in [6.07, 6.45) is 7.13. The fourth-order valence-electron chi connectivity index (χ4n) is 2.94. The first kappa shape index (κ1) is 20.7. The van der Waals surface area contributed by atoms with Gasteiger partial charge in [0.25, 0.3) is 5.69 Å². The second-order valence-electron chi connectivity index (χ2n) is 7.00. The molecule has 0 spiro atoms. The van der Waals surface area contributed by atoms with E-state index in [2.05, 4.69) is 4.98 Å². The molecule has 0 unspecified atom stereocenters. The molecular weight excluding hydrogens is 382 g/mol. The van der Waals surface area contributed by atoms with E-state index in [4.69, 9.17) is 0 Å². The Hall–Kier alpha value is -4.00.